The molecule has 0 spiro atoms. The summed E-state index contributed by atoms with van der Waals surface area (Å²) in [4.78, 5) is 35.2. The van der Waals surface area contributed by atoms with Crippen molar-refractivity contribution < 1.29 is 34.1 Å². The maximum atomic E-state index is 13.2. The Balaban J connectivity index is 2.14. The van der Waals surface area contributed by atoms with Gasteiger partial charge in [0, 0.05) is 18.4 Å². The molecule has 0 bridgehead atoms. The van der Waals surface area contributed by atoms with Crippen LogP contribution in [0.3, 0.4) is 0 Å². The Hall–Kier alpha value is -2.27. The van der Waals surface area contributed by atoms with Crippen molar-refractivity contribution in [3.8, 4) is 0 Å². The van der Waals surface area contributed by atoms with Gasteiger partial charge >= 0.3 is 0 Å². The maximum Gasteiger partial charge on any atom is 0.252 e. The van der Waals surface area contributed by atoms with E-state index in [-0.39, 0.29) is 10.6 Å². The number of nitrogens with two attached hydrogens (primary N) is 1. The maximum absolute atomic E-state index is 13.2. The van der Waals surface area contributed by atoms with Gasteiger partial charge in [-0.25, -0.2) is 4.39 Å². The van der Waals surface area contributed by atoms with Crippen molar-refractivity contribution in [2.45, 2.75) is 36.7 Å². The van der Waals surface area contributed by atoms with Crippen LogP contribution < -0.4 is 16.4 Å². The van der Waals surface area contributed by atoms with Crippen LogP contribution >= 0.6 is 11.6 Å². The van der Waals surface area contributed by atoms with Crippen LogP contribution in [-0.2, 0) is 9.59 Å². The van der Waals surface area contributed by atoms with E-state index in [9.17, 15) is 34.1 Å². The average molecular weight is 404 g/mol. The van der Waals surface area contributed by atoms with E-state index in [1.165, 1.54) is 0 Å². The molecule has 0 heterocycles. The summed E-state index contributed by atoms with van der Waals surface area (Å²) in [5.41, 5.74) is 2.76. The Morgan fingerprint density at radius 3 is 2.56 bits per heavy atom. The minimum atomic E-state index is -2.15. The zero-order valence-corrected chi connectivity index (χ0v) is 14.7. The lowest BCUT2D eigenvalue weighted by atomic mass is 9.77. The zero-order chi connectivity index (χ0) is 20.4. The van der Waals surface area contributed by atoms with E-state index < -0.39 is 66.8 Å². The molecular formula is C16H19ClFN3O6. The number of halogens is 2. The van der Waals surface area contributed by atoms with Crippen LogP contribution in [0.4, 0.5) is 4.39 Å². The Morgan fingerprint density at radius 2 is 1.96 bits per heavy atom. The molecule has 11 heteroatoms. The van der Waals surface area contributed by atoms with Gasteiger partial charge in [0.2, 0.25) is 5.91 Å². The van der Waals surface area contributed by atoms with Crippen LogP contribution in [0.2, 0.25) is 5.02 Å². The third-order valence-corrected chi connectivity index (χ3v) is 4.54. The Morgan fingerprint density at radius 1 is 1.30 bits per heavy atom. The minimum Gasteiger partial charge on any atom is -0.390 e. The normalized spacial score (nSPS) is 27.7. The highest BCUT2D eigenvalue weighted by atomic mass is 35.5. The Labute approximate surface area is 158 Å². The SMILES string of the molecule is NC(=O)CNC(=O)[C@@]1(O)C[C@@H](O)[C@H](O)[C@H](NC(=O)c2ccc(F)c(Cl)c2)C1. The summed E-state index contributed by atoms with van der Waals surface area (Å²) in [7, 11) is 0. The van der Waals surface area contributed by atoms with Gasteiger partial charge in [-0.15, -0.1) is 0 Å². The molecule has 1 aromatic carbocycles. The van der Waals surface area contributed by atoms with E-state index in [0.717, 1.165) is 18.2 Å². The molecular weight excluding hydrogens is 385 g/mol. The van der Waals surface area contributed by atoms with E-state index in [4.69, 9.17) is 17.3 Å². The first-order valence-corrected chi connectivity index (χ1v) is 8.32. The predicted molar refractivity (Wildman–Crippen MR) is 91.1 cm³/mol. The van der Waals surface area contributed by atoms with Crippen molar-refractivity contribution >= 4 is 29.3 Å². The number of carbonyl (C=O) groups is 3. The van der Waals surface area contributed by atoms with Crippen molar-refractivity contribution in [1.82, 2.24) is 10.6 Å². The van der Waals surface area contributed by atoms with Crippen molar-refractivity contribution in [2.75, 3.05) is 6.54 Å². The molecule has 3 amide bonds. The van der Waals surface area contributed by atoms with Crippen LogP contribution in [0.25, 0.3) is 0 Å². The highest BCUT2D eigenvalue weighted by Crippen LogP contribution is 2.30. The number of primary amides is 1. The Bertz CT molecular complexity index is 764. The lowest BCUT2D eigenvalue weighted by molar-refractivity contribution is -0.158. The van der Waals surface area contributed by atoms with Crippen molar-refractivity contribution in [1.29, 1.82) is 0 Å². The summed E-state index contributed by atoms with van der Waals surface area (Å²) in [6.07, 6.45) is -3.93. The summed E-state index contributed by atoms with van der Waals surface area (Å²) in [6, 6.07) is 2.02. The second-order valence-electron chi connectivity index (χ2n) is 6.36. The molecule has 0 aliphatic heterocycles. The molecule has 1 fully saturated rings. The summed E-state index contributed by atoms with van der Waals surface area (Å²) in [6.45, 7) is -0.523. The molecule has 1 aliphatic rings. The number of aliphatic hydroxyl groups excluding tert-OH is 2. The van der Waals surface area contributed by atoms with Crippen molar-refractivity contribution in [2.24, 2.45) is 5.73 Å². The third-order valence-electron chi connectivity index (χ3n) is 4.26. The number of nitrogens with one attached hydrogen (secondary N) is 2. The van der Waals surface area contributed by atoms with Crippen LogP contribution in [0.5, 0.6) is 0 Å². The van der Waals surface area contributed by atoms with E-state index in [1.54, 1.807) is 0 Å². The molecule has 2 rings (SSSR count). The monoisotopic (exact) mass is 403 g/mol. The third kappa shape index (κ3) is 4.92. The smallest absolute Gasteiger partial charge is 0.252 e. The van der Waals surface area contributed by atoms with Crippen LogP contribution in [0, 0.1) is 5.82 Å². The highest BCUT2D eigenvalue weighted by molar-refractivity contribution is 6.31. The fourth-order valence-corrected chi connectivity index (χ4v) is 3.03. The van der Waals surface area contributed by atoms with Gasteiger partial charge in [0.15, 0.2) is 0 Å². The number of rotatable bonds is 5. The van der Waals surface area contributed by atoms with Crippen molar-refractivity contribution in [3.05, 3.63) is 34.6 Å². The molecule has 1 saturated carbocycles. The molecule has 1 aromatic rings. The number of aliphatic hydroxyl groups is 3. The van der Waals surface area contributed by atoms with Gasteiger partial charge in [0.25, 0.3) is 11.8 Å². The van der Waals surface area contributed by atoms with Gasteiger partial charge in [0.1, 0.15) is 17.5 Å². The van der Waals surface area contributed by atoms with Gasteiger partial charge in [-0.3, -0.25) is 14.4 Å². The first-order chi connectivity index (χ1) is 12.5. The summed E-state index contributed by atoms with van der Waals surface area (Å²) < 4.78 is 13.2. The highest BCUT2D eigenvalue weighted by Gasteiger charge is 2.49. The molecule has 9 nitrogen and oxygen atoms in total. The fourth-order valence-electron chi connectivity index (χ4n) is 2.85. The number of amides is 3. The molecule has 0 unspecified atom stereocenters. The van der Waals surface area contributed by atoms with Gasteiger partial charge in [-0.1, -0.05) is 11.6 Å². The molecule has 148 valence electrons. The molecule has 1 aliphatic carbocycles. The predicted octanol–water partition coefficient (Wildman–Crippen LogP) is -1.57. The summed E-state index contributed by atoms with van der Waals surface area (Å²) in [5.74, 6) is -3.28. The largest absolute Gasteiger partial charge is 0.390 e. The van der Waals surface area contributed by atoms with Crippen LogP contribution in [0.15, 0.2) is 18.2 Å². The minimum absolute atomic E-state index is 0.0182. The standard InChI is InChI=1S/C16H19ClFN3O6/c17-8-3-7(1-2-9(8)18)14(25)21-10-4-16(27,5-11(22)13(10)24)15(26)20-6-12(19)23/h1-3,10-11,13,22,24,27H,4-6H2,(H2,19,23)(H,20,26)(H,21,25)/t10-,11-,13-,16+/m1/s1. The second-order valence-corrected chi connectivity index (χ2v) is 6.76. The van der Waals surface area contributed by atoms with E-state index in [1.807, 2.05) is 0 Å². The van der Waals surface area contributed by atoms with E-state index >= 15 is 0 Å². The molecule has 0 saturated heterocycles. The van der Waals surface area contributed by atoms with Gasteiger partial charge < -0.3 is 31.7 Å². The molecule has 0 radical (unpaired) electrons. The Kier molecular flexibility index (Phi) is 6.37. The number of hydrogen-bond donors (Lipinski definition) is 6. The lowest BCUT2D eigenvalue weighted by Crippen LogP contribution is -2.63. The molecule has 27 heavy (non-hydrogen) atoms. The van der Waals surface area contributed by atoms with Gasteiger partial charge in [-0.05, 0) is 18.2 Å². The quantitative estimate of drug-likeness (QED) is 0.348. The van der Waals surface area contributed by atoms with Gasteiger partial charge in [-0.2, -0.15) is 0 Å². The first kappa shape index (κ1) is 21.0. The topological polar surface area (TPSA) is 162 Å². The van der Waals surface area contributed by atoms with Crippen LogP contribution in [0.1, 0.15) is 23.2 Å². The molecule has 4 atom stereocenters. The number of benzene rings is 1. The zero-order valence-electron chi connectivity index (χ0n) is 14.0. The summed E-state index contributed by atoms with van der Waals surface area (Å²) >= 11 is 5.62. The average Bonchev–Trinajstić information content (AvgIpc) is 2.59. The van der Waals surface area contributed by atoms with Gasteiger partial charge in [0.05, 0.1) is 23.7 Å². The molecule has 0 aromatic heterocycles. The number of hydrogen-bond acceptors (Lipinski definition) is 6. The first-order valence-electron chi connectivity index (χ1n) is 7.94. The fraction of sp³-hybridized carbons (Fsp3) is 0.438. The van der Waals surface area contributed by atoms with E-state index in [0.29, 0.717) is 0 Å². The lowest BCUT2D eigenvalue weighted by Gasteiger charge is -2.41. The second kappa shape index (κ2) is 8.17. The van der Waals surface area contributed by atoms with Crippen LogP contribution in [-0.4, -0.2) is 63.4 Å². The van der Waals surface area contributed by atoms with E-state index in [2.05, 4.69) is 10.6 Å². The number of carbonyl (C=O) groups excluding carboxylic acids is 3. The summed E-state index contributed by atoms with van der Waals surface area (Å²) in [5, 5.41) is 34.8. The van der Waals surface area contributed by atoms with Crippen molar-refractivity contribution in [3.63, 3.8) is 0 Å². The molecule has 7 N–H and O–H groups in total.